The maximum Gasteiger partial charge on any atom is 0.215 e. The molecule has 0 bridgehead atoms. The number of aryl methyl sites for hydroxylation is 1. The largest absolute Gasteiger partial charge is 0.337 e. The second kappa shape index (κ2) is 5.38. The molecule has 1 aromatic rings. The van der Waals surface area contributed by atoms with Crippen LogP contribution in [0, 0.1) is 0 Å². The molecule has 102 valence electrons. The number of aromatic nitrogens is 2. The van der Waals surface area contributed by atoms with E-state index in [0.29, 0.717) is 19.1 Å². The number of rotatable bonds is 7. The van der Waals surface area contributed by atoms with Crippen molar-refractivity contribution in [1.29, 1.82) is 0 Å². The lowest BCUT2D eigenvalue weighted by Crippen LogP contribution is -2.34. The molecule has 1 heterocycles. The summed E-state index contributed by atoms with van der Waals surface area (Å²) in [6.07, 6.45) is 5.82. The summed E-state index contributed by atoms with van der Waals surface area (Å²) in [6, 6.07) is 0.542. The molecule has 18 heavy (non-hydrogen) atoms. The van der Waals surface area contributed by atoms with E-state index in [1.54, 1.807) is 13.2 Å². The van der Waals surface area contributed by atoms with Crippen LogP contribution >= 0.6 is 0 Å². The molecular formula is C11H20N4O2S. The molecule has 0 amide bonds. The first-order chi connectivity index (χ1) is 8.49. The molecule has 0 aliphatic heterocycles. The molecule has 1 aromatic heterocycles. The highest BCUT2D eigenvalue weighted by Crippen LogP contribution is 2.18. The smallest absolute Gasteiger partial charge is 0.215 e. The summed E-state index contributed by atoms with van der Waals surface area (Å²) in [7, 11) is 0.253. The predicted octanol–water partition coefficient (Wildman–Crippen LogP) is -0.0663. The third-order valence-electron chi connectivity index (χ3n) is 3.13. The number of nitrogens with one attached hydrogen (secondary N) is 1. The highest BCUT2D eigenvalue weighted by molar-refractivity contribution is 7.89. The zero-order valence-electron chi connectivity index (χ0n) is 10.8. The Labute approximate surface area is 108 Å². The Morgan fingerprint density at radius 3 is 2.83 bits per heavy atom. The van der Waals surface area contributed by atoms with Gasteiger partial charge in [-0.05, 0) is 12.8 Å². The molecule has 0 aromatic carbocycles. The second-order valence-corrected chi connectivity index (χ2v) is 6.95. The molecule has 1 fully saturated rings. The number of nitrogens with zero attached hydrogens (tertiary/aromatic N) is 3. The fourth-order valence-corrected chi connectivity index (χ4v) is 2.68. The number of imidazole rings is 1. The van der Waals surface area contributed by atoms with Crippen molar-refractivity contribution in [2.75, 3.05) is 19.3 Å². The second-order valence-electron chi connectivity index (χ2n) is 4.75. The molecule has 2 rings (SSSR count). The van der Waals surface area contributed by atoms with Gasteiger partial charge in [-0.25, -0.2) is 13.4 Å². The van der Waals surface area contributed by atoms with Crippen molar-refractivity contribution in [3.63, 3.8) is 0 Å². The van der Waals surface area contributed by atoms with Crippen molar-refractivity contribution in [2.24, 2.45) is 7.05 Å². The maximum absolute atomic E-state index is 12.0. The SMILES string of the molecule is CN(Cc1nccn1C)S(=O)(=O)CCNC1CC1. The highest BCUT2D eigenvalue weighted by Gasteiger charge is 2.23. The number of sulfonamides is 1. The van der Waals surface area contributed by atoms with Gasteiger partial charge in [0.2, 0.25) is 10.0 Å². The van der Waals surface area contributed by atoms with Crippen LogP contribution in [0.3, 0.4) is 0 Å². The molecule has 0 saturated heterocycles. The van der Waals surface area contributed by atoms with Crippen molar-refractivity contribution >= 4 is 10.0 Å². The summed E-state index contributed by atoms with van der Waals surface area (Å²) in [4.78, 5) is 4.13. The fraction of sp³-hybridized carbons (Fsp3) is 0.727. The summed E-state index contributed by atoms with van der Waals surface area (Å²) in [5.74, 6) is 0.890. The molecule has 6 nitrogen and oxygen atoms in total. The number of hydrogen-bond acceptors (Lipinski definition) is 4. The topological polar surface area (TPSA) is 67.2 Å². The summed E-state index contributed by atoms with van der Waals surface area (Å²) < 4.78 is 27.2. The van der Waals surface area contributed by atoms with Crippen LogP contribution in [0.25, 0.3) is 0 Å². The molecule has 1 saturated carbocycles. The van der Waals surface area contributed by atoms with Gasteiger partial charge in [0.05, 0.1) is 12.3 Å². The van der Waals surface area contributed by atoms with Crippen molar-refractivity contribution in [3.05, 3.63) is 18.2 Å². The van der Waals surface area contributed by atoms with Gasteiger partial charge in [-0.1, -0.05) is 0 Å². The third-order valence-corrected chi connectivity index (χ3v) is 4.93. The first-order valence-corrected chi connectivity index (χ1v) is 7.73. The van der Waals surface area contributed by atoms with E-state index in [0.717, 1.165) is 5.82 Å². The molecule has 0 atom stereocenters. The summed E-state index contributed by atoms with van der Waals surface area (Å²) in [5, 5.41) is 3.21. The van der Waals surface area contributed by atoms with E-state index < -0.39 is 10.0 Å². The fourth-order valence-electron chi connectivity index (χ4n) is 1.68. The van der Waals surface area contributed by atoms with Crippen molar-refractivity contribution in [1.82, 2.24) is 19.2 Å². The van der Waals surface area contributed by atoms with Crippen LogP contribution in [0.2, 0.25) is 0 Å². The molecule has 1 aliphatic carbocycles. The number of hydrogen-bond donors (Lipinski definition) is 1. The normalized spacial score (nSPS) is 16.4. The summed E-state index contributed by atoms with van der Waals surface area (Å²) in [5.41, 5.74) is 0. The third kappa shape index (κ3) is 3.54. The lowest BCUT2D eigenvalue weighted by molar-refractivity contribution is 0.450. The molecule has 0 radical (unpaired) electrons. The summed E-state index contributed by atoms with van der Waals surface area (Å²) in [6.45, 7) is 0.840. The van der Waals surface area contributed by atoms with E-state index in [9.17, 15) is 8.42 Å². The minimum Gasteiger partial charge on any atom is -0.337 e. The lowest BCUT2D eigenvalue weighted by atomic mass is 10.6. The van der Waals surface area contributed by atoms with E-state index in [-0.39, 0.29) is 5.75 Å². The molecule has 7 heteroatoms. The Morgan fingerprint density at radius 1 is 1.56 bits per heavy atom. The minimum absolute atomic E-state index is 0.143. The quantitative estimate of drug-likeness (QED) is 0.755. The maximum atomic E-state index is 12.0. The van der Waals surface area contributed by atoms with Gasteiger partial charge in [-0.2, -0.15) is 4.31 Å². The predicted molar refractivity (Wildman–Crippen MR) is 69.5 cm³/mol. The van der Waals surface area contributed by atoms with E-state index in [4.69, 9.17) is 0 Å². The van der Waals surface area contributed by atoms with Gasteiger partial charge in [0.15, 0.2) is 0 Å². The minimum atomic E-state index is -3.20. The van der Waals surface area contributed by atoms with Crippen LogP contribution in [-0.2, 0) is 23.6 Å². The monoisotopic (exact) mass is 272 g/mol. The van der Waals surface area contributed by atoms with Crippen LogP contribution in [0.4, 0.5) is 0 Å². The van der Waals surface area contributed by atoms with E-state index in [2.05, 4.69) is 10.3 Å². The van der Waals surface area contributed by atoms with Crippen LogP contribution < -0.4 is 5.32 Å². The Morgan fingerprint density at radius 2 is 2.28 bits per heavy atom. The average Bonchev–Trinajstić information content (AvgIpc) is 3.03. The van der Waals surface area contributed by atoms with E-state index in [1.165, 1.54) is 17.1 Å². The summed E-state index contributed by atoms with van der Waals surface area (Å²) >= 11 is 0. The Balaban J connectivity index is 1.85. The molecular weight excluding hydrogens is 252 g/mol. The van der Waals surface area contributed by atoms with Crippen LogP contribution in [-0.4, -0.2) is 47.7 Å². The molecule has 0 unspecified atom stereocenters. The Bertz CT molecular complexity index is 493. The van der Waals surface area contributed by atoms with Gasteiger partial charge in [0.1, 0.15) is 5.82 Å². The standard InChI is InChI=1S/C11H20N4O2S/c1-14-7-5-13-11(14)9-15(2)18(16,17)8-6-12-10-3-4-10/h5,7,10,12H,3-4,6,8-9H2,1-2H3. The average molecular weight is 272 g/mol. The molecule has 1 N–H and O–H groups in total. The van der Waals surface area contributed by atoms with E-state index in [1.807, 2.05) is 17.8 Å². The highest BCUT2D eigenvalue weighted by atomic mass is 32.2. The van der Waals surface area contributed by atoms with Crippen molar-refractivity contribution in [3.8, 4) is 0 Å². The van der Waals surface area contributed by atoms with Crippen LogP contribution in [0.1, 0.15) is 18.7 Å². The van der Waals surface area contributed by atoms with Gasteiger partial charge < -0.3 is 9.88 Å². The zero-order chi connectivity index (χ0) is 13.2. The van der Waals surface area contributed by atoms with Crippen LogP contribution in [0.15, 0.2) is 12.4 Å². The first-order valence-electron chi connectivity index (χ1n) is 6.12. The molecule has 1 aliphatic rings. The van der Waals surface area contributed by atoms with Gasteiger partial charge in [-0.3, -0.25) is 0 Å². The van der Waals surface area contributed by atoms with Crippen molar-refractivity contribution < 1.29 is 8.42 Å². The Kier molecular flexibility index (Phi) is 4.04. The lowest BCUT2D eigenvalue weighted by Gasteiger charge is -2.17. The van der Waals surface area contributed by atoms with Gasteiger partial charge >= 0.3 is 0 Å². The van der Waals surface area contributed by atoms with Crippen LogP contribution in [0.5, 0.6) is 0 Å². The van der Waals surface area contributed by atoms with Gasteiger partial charge in [0, 0.05) is 39.1 Å². The Hall–Kier alpha value is -0.920. The first kappa shape index (κ1) is 13.5. The zero-order valence-corrected chi connectivity index (χ0v) is 11.7. The van der Waals surface area contributed by atoms with E-state index >= 15 is 0 Å². The van der Waals surface area contributed by atoms with Gasteiger partial charge in [-0.15, -0.1) is 0 Å². The molecule has 0 spiro atoms. The van der Waals surface area contributed by atoms with Crippen molar-refractivity contribution in [2.45, 2.75) is 25.4 Å². The van der Waals surface area contributed by atoms with Gasteiger partial charge in [0.25, 0.3) is 0 Å².